The number of hydrogen-bond donors (Lipinski definition) is 1. The first kappa shape index (κ1) is 12.6. The summed E-state index contributed by atoms with van der Waals surface area (Å²) < 4.78 is 5.89. The van der Waals surface area contributed by atoms with Crippen molar-refractivity contribution in [3.8, 4) is 0 Å². The maximum absolute atomic E-state index is 10.1. The summed E-state index contributed by atoms with van der Waals surface area (Å²) in [4.78, 5) is 0. The third-order valence-corrected chi connectivity index (χ3v) is 3.64. The van der Waals surface area contributed by atoms with Crippen LogP contribution in [0.1, 0.15) is 32.3 Å². The second-order valence-corrected chi connectivity index (χ2v) is 5.38. The second kappa shape index (κ2) is 5.65. The monoisotopic (exact) mass is 234 g/mol. The molecule has 1 saturated carbocycles. The minimum absolute atomic E-state index is 0.00796. The molecule has 0 aromatic heterocycles. The van der Waals surface area contributed by atoms with E-state index in [-0.39, 0.29) is 12.2 Å². The van der Waals surface area contributed by atoms with E-state index in [0.29, 0.717) is 18.4 Å². The van der Waals surface area contributed by atoms with Gasteiger partial charge in [0, 0.05) is 0 Å². The van der Waals surface area contributed by atoms with Gasteiger partial charge in [0.2, 0.25) is 0 Å². The van der Waals surface area contributed by atoms with Crippen molar-refractivity contribution in [3.63, 3.8) is 0 Å². The minimum Gasteiger partial charge on any atom is -0.390 e. The molecule has 1 fully saturated rings. The van der Waals surface area contributed by atoms with Crippen LogP contribution in [0.4, 0.5) is 0 Å². The van der Waals surface area contributed by atoms with Crippen molar-refractivity contribution in [3.05, 3.63) is 35.9 Å². The first-order chi connectivity index (χ1) is 8.16. The lowest BCUT2D eigenvalue weighted by Gasteiger charge is -2.36. The van der Waals surface area contributed by atoms with Gasteiger partial charge in [0.05, 0.1) is 18.8 Å². The molecule has 0 spiro atoms. The van der Waals surface area contributed by atoms with Gasteiger partial charge in [-0.1, -0.05) is 44.2 Å². The van der Waals surface area contributed by atoms with E-state index in [1.54, 1.807) is 0 Å². The van der Waals surface area contributed by atoms with E-state index in [1.807, 2.05) is 18.2 Å². The Bertz CT molecular complexity index is 324. The molecule has 1 aliphatic carbocycles. The molecule has 94 valence electrons. The molecule has 1 aromatic rings. The number of ether oxygens (including phenoxy) is 1. The van der Waals surface area contributed by atoms with Crippen molar-refractivity contribution in [1.29, 1.82) is 0 Å². The number of aliphatic hydroxyl groups is 1. The molecular formula is C15H22O2. The Kier molecular flexibility index (Phi) is 4.19. The fourth-order valence-electron chi connectivity index (χ4n) is 2.83. The van der Waals surface area contributed by atoms with Crippen LogP contribution in [0.15, 0.2) is 30.3 Å². The van der Waals surface area contributed by atoms with Crippen LogP contribution in [0.2, 0.25) is 0 Å². The number of hydrogen-bond acceptors (Lipinski definition) is 2. The maximum Gasteiger partial charge on any atom is 0.0864 e. The van der Waals surface area contributed by atoms with Crippen LogP contribution in [0.5, 0.6) is 0 Å². The highest BCUT2D eigenvalue weighted by atomic mass is 16.5. The van der Waals surface area contributed by atoms with E-state index in [4.69, 9.17) is 4.74 Å². The van der Waals surface area contributed by atoms with Gasteiger partial charge in [-0.3, -0.25) is 0 Å². The minimum atomic E-state index is -0.308. The highest BCUT2D eigenvalue weighted by Crippen LogP contribution is 2.31. The summed E-state index contributed by atoms with van der Waals surface area (Å²) in [6, 6.07) is 10.2. The van der Waals surface area contributed by atoms with E-state index in [9.17, 15) is 5.11 Å². The molecule has 4 atom stereocenters. The molecule has 1 N–H and O–H groups in total. The molecule has 0 heterocycles. The van der Waals surface area contributed by atoms with Gasteiger partial charge in [-0.2, -0.15) is 0 Å². The van der Waals surface area contributed by atoms with Gasteiger partial charge in [0.1, 0.15) is 0 Å². The van der Waals surface area contributed by atoms with Crippen LogP contribution >= 0.6 is 0 Å². The Labute approximate surface area is 104 Å². The molecule has 0 radical (unpaired) electrons. The topological polar surface area (TPSA) is 29.5 Å². The molecule has 4 unspecified atom stereocenters. The van der Waals surface area contributed by atoms with Crippen molar-refractivity contribution < 1.29 is 9.84 Å². The quantitative estimate of drug-likeness (QED) is 0.871. The van der Waals surface area contributed by atoms with Crippen molar-refractivity contribution in [2.45, 2.75) is 45.5 Å². The third-order valence-electron chi connectivity index (χ3n) is 3.64. The summed E-state index contributed by atoms with van der Waals surface area (Å²) >= 11 is 0. The molecule has 0 amide bonds. The zero-order chi connectivity index (χ0) is 12.3. The molecule has 0 bridgehead atoms. The van der Waals surface area contributed by atoms with Crippen molar-refractivity contribution in [1.82, 2.24) is 0 Å². The Hall–Kier alpha value is -0.860. The summed E-state index contributed by atoms with van der Waals surface area (Å²) in [6.07, 6.45) is 1.70. The standard InChI is InChI=1S/C15H22O2/c1-11-8-12(2)15(14(16)9-11)17-10-13-6-4-3-5-7-13/h3-7,11-12,14-16H,8-10H2,1-2H3. The summed E-state index contributed by atoms with van der Waals surface area (Å²) in [5.41, 5.74) is 1.17. The molecule has 2 heteroatoms. The molecule has 1 aliphatic rings. The van der Waals surface area contributed by atoms with Crippen LogP contribution in [0, 0.1) is 11.8 Å². The first-order valence-electron chi connectivity index (χ1n) is 6.50. The number of benzene rings is 1. The van der Waals surface area contributed by atoms with E-state index >= 15 is 0 Å². The Morgan fingerprint density at radius 3 is 2.53 bits per heavy atom. The maximum atomic E-state index is 10.1. The molecule has 0 saturated heterocycles. The predicted octanol–water partition coefficient (Wildman–Crippen LogP) is 3.00. The lowest BCUT2D eigenvalue weighted by Crippen LogP contribution is -2.41. The summed E-state index contributed by atoms with van der Waals surface area (Å²) in [6.45, 7) is 4.98. The fraction of sp³-hybridized carbons (Fsp3) is 0.600. The molecular weight excluding hydrogens is 212 g/mol. The number of rotatable bonds is 3. The van der Waals surface area contributed by atoms with Crippen molar-refractivity contribution in [2.75, 3.05) is 0 Å². The highest BCUT2D eigenvalue weighted by molar-refractivity contribution is 5.13. The van der Waals surface area contributed by atoms with Crippen LogP contribution in [-0.4, -0.2) is 17.3 Å². The SMILES string of the molecule is CC1CC(C)C(OCc2ccccc2)C(O)C1. The van der Waals surface area contributed by atoms with Gasteiger partial charge >= 0.3 is 0 Å². The smallest absolute Gasteiger partial charge is 0.0864 e. The van der Waals surface area contributed by atoms with Crippen LogP contribution in [0.25, 0.3) is 0 Å². The largest absolute Gasteiger partial charge is 0.390 e. The summed E-state index contributed by atoms with van der Waals surface area (Å²) in [5.74, 6) is 1.05. The van der Waals surface area contributed by atoms with Gasteiger partial charge in [-0.15, -0.1) is 0 Å². The molecule has 17 heavy (non-hydrogen) atoms. The molecule has 0 aliphatic heterocycles. The number of aliphatic hydroxyl groups excluding tert-OH is 1. The van der Waals surface area contributed by atoms with E-state index in [1.165, 1.54) is 5.56 Å². The normalized spacial score (nSPS) is 33.6. The van der Waals surface area contributed by atoms with Crippen molar-refractivity contribution >= 4 is 0 Å². The van der Waals surface area contributed by atoms with Crippen LogP contribution < -0.4 is 0 Å². The average Bonchev–Trinajstić information content (AvgIpc) is 2.29. The summed E-state index contributed by atoms with van der Waals surface area (Å²) in [5, 5.41) is 10.1. The highest BCUT2D eigenvalue weighted by Gasteiger charge is 2.33. The third kappa shape index (κ3) is 3.30. The Balaban J connectivity index is 1.90. The average molecular weight is 234 g/mol. The Morgan fingerprint density at radius 1 is 1.18 bits per heavy atom. The Morgan fingerprint density at radius 2 is 1.88 bits per heavy atom. The molecule has 2 nitrogen and oxygen atoms in total. The lowest BCUT2D eigenvalue weighted by atomic mass is 9.79. The zero-order valence-corrected chi connectivity index (χ0v) is 10.7. The van der Waals surface area contributed by atoms with Gasteiger partial charge < -0.3 is 9.84 Å². The van der Waals surface area contributed by atoms with E-state index in [2.05, 4.69) is 26.0 Å². The zero-order valence-electron chi connectivity index (χ0n) is 10.7. The molecule has 2 rings (SSSR count). The van der Waals surface area contributed by atoms with Gasteiger partial charge in [-0.25, -0.2) is 0 Å². The fourth-order valence-corrected chi connectivity index (χ4v) is 2.83. The first-order valence-corrected chi connectivity index (χ1v) is 6.50. The lowest BCUT2D eigenvalue weighted by molar-refractivity contribution is -0.102. The van der Waals surface area contributed by atoms with Crippen LogP contribution in [-0.2, 0) is 11.3 Å². The predicted molar refractivity (Wildman–Crippen MR) is 68.6 cm³/mol. The second-order valence-electron chi connectivity index (χ2n) is 5.38. The van der Waals surface area contributed by atoms with Crippen LogP contribution in [0.3, 0.4) is 0 Å². The van der Waals surface area contributed by atoms with Crippen molar-refractivity contribution in [2.24, 2.45) is 11.8 Å². The van der Waals surface area contributed by atoms with E-state index in [0.717, 1.165) is 12.8 Å². The molecule has 1 aromatic carbocycles. The van der Waals surface area contributed by atoms with Gasteiger partial charge in [-0.05, 0) is 30.2 Å². The van der Waals surface area contributed by atoms with Gasteiger partial charge in [0.25, 0.3) is 0 Å². The van der Waals surface area contributed by atoms with E-state index < -0.39 is 0 Å². The summed E-state index contributed by atoms with van der Waals surface area (Å²) in [7, 11) is 0. The van der Waals surface area contributed by atoms with Gasteiger partial charge in [0.15, 0.2) is 0 Å².